The molecule has 0 aliphatic carbocycles. The zero-order valence-corrected chi connectivity index (χ0v) is 19.2. The molecule has 0 fully saturated rings. The first kappa shape index (κ1) is 22.3. The lowest BCUT2D eigenvalue weighted by atomic mass is 10.1. The van der Waals surface area contributed by atoms with E-state index in [0.29, 0.717) is 35.6 Å². The third kappa shape index (κ3) is 4.96. The van der Waals surface area contributed by atoms with Gasteiger partial charge in [-0.15, -0.1) is 0 Å². The average molecular weight is 441 g/mol. The van der Waals surface area contributed by atoms with Crippen molar-refractivity contribution in [3.8, 4) is 5.75 Å². The van der Waals surface area contributed by atoms with Gasteiger partial charge in [0.2, 0.25) is 0 Å². The van der Waals surface area contributed by atoms with Crippen molar-refractivity contribution in [1.29, 1.82) is 0 Å². The Kier molecular flexibility index (Phi) is 6.56. The number of methoxy groups -OCH3 is 1. The minimum atomic E-state index is -0.111. The third-order valence-corrected chi connectivity index (χ3v) is 5.59. The fourth-order valence-electron chi connectivity index (χ4n) is 3.72. The first-order valence-corrected chi connectivity index (χ1v) is 10.8. The Morgan fingerprint density at radius 1 is 1.00 bits per heavy atom. The Morgan fingerprint density at radius 3 is 2.45 bits per heavy atom. The Hall–Kier alpha value is -3.90. The molecule has 4 aromatic rings. The fourth-order valence-corrected chi connectivity index (χ4v) is 3.72. The lowest BCUT2D eigenvalue weighted by Crippen LogP contribution is -2.24. The van der Waals surface area contributed by atoms with E-state index in [1.165, 1.54) is 0 Å². The molecule has 6 nitrogen and oxygen atoms in total. The number of hydrogen-bond acceptors (Lipinski definition) is 5. The Balaban J connectivity index is 1.80. The molecule has 168 valence electrons. The minimum Gasteiger partial charge on any atom is -0.497 e. The highest BCUT2D eigenvalue weighted by molar-refractivity contribution is 5.81. The number of nitrogens with two attached hydrogens (primary N) is 1. The normalized spacial score (nSPS) is 11.3. The number of fused-ring (bicyclic) bond motifs is 1. The van der Waals surface area contributed by atoms with Crippen LogP contribution in [0.15, 0.2) is 71.5 Å². The summed E-state index contributed by atoms with van der Waals surface area (Å²) in [7, 11) is 5.61. The van der Waals surface area contributed by atoms with Gasteiger partial charge in [-0.2, -0.15) is 0 Å². The zero-order chi connectivity index (χ0) is 23.4. The van der Waals surface area contributed by atoms with Crippen molar-refractivity contribution in [3.63, 3.8) is 0 Å². The molecule has 4 rings (SSSR count). The molecule has 1 heterocycles. The van der Waals surface area contributed by atoms with Crippen LogP contribution >= 0.6 is 0 Å². The predicted molar refractivity (Wildman–Crippen MR) is 136 cm³/mol. The number of hydrogen-bond donors (Lipinski definition) is 1. The minimum absolute atomic E-state index is 0.111. The number of benzene rings is 3. The SMILES string of the molecule is COc1ccc2nc(/C=C/c3ccc(N(C)C)cc3)n(Cc3cccc(CN)c3)c(=O)c2c1. The molecule has 0 aliphatic rings. The van der Waals surface area contributed by atoms with E-state index >= 15 is 0 Å². The summed E-state index contributed by atoms with van der Waals surface area (Å²) in [5.41, 5.74) is 10.5. The molecule has 3 aromatic carbocycles. The number of aromatic nitrogens is 2. The van der Waals surface area contributed by atoms with Gasteiger partial charge in [0, 0.05) is 26.3 Å². The van der Waals surface area contributed by atoms with E-state index in [-0.39, 0.29) is 5.56 Å². The number of rotatable bonds is 7. The van der Waals surface area contributed by atoms with E-state index in [4.69, 9.17) is 15.5 Å². The summed E-state index contributed by atoms with van der Waals surface area (Å²) in [6.07, 6.45) is 3.87. The maximum atomic E-state index is 13.5. The van der Waals surface area contributed by atoms with Crippen molar-refractivity contribution < 1.29 is 4.74 Å². The largest absolute Gasteiger partial charge is 0.497 e. The van der Waals surface area contributed by atoms with Crippen LogP contribution < -0.4 is 20.9 Å². The summed E-state index contributed by atoms with van der Waals surface area (Å²) in [6.45, 7) is 0.845. The van der Waals surface area contributed by atoms with E-state index in [0.717, 1.165) is 22.4 Å². The maximum absolute atomic E-state index is 13.5. The summed E-state index contributed by atoms with van der Waals surface area (Å²) < 4.78 is 7.02. The van der Waals surface area contributed by atoms with Gasteiger partial charge in [-0.25, -0.2) is 4.98 Å². The summed E-state index contributed by atoms with van der Waals surface area (Å²) in [6, 6.07) is 21.5. The van der Waals surface area contributed by atoms with Crippen LogP contribution in [0.5, 0.6) is 5.75 Å². The van der Waals surface area contributed by atoms with Crippen molar-refractivity contribution >= 4 is 28.7 Å². The van der Waals surface area contributed by atoms with Crippen LogP contribution in [0.2, 0.25) is 0 Å². The van der Waals surface area contributed by atoms with Crippen molar-refractivity contribution in [3.05, 3.63) is 99.6 Å². The highest BCUT2D eigenvalue weighted by Gasteiger charge is 2.11. The summed E-state index contributed by atoms with van der Waals surface area (Å²) in [5, 5.41) is 0.525. The molecular weight excluding hydrogens is 412 g/mol. The summed E-state index contributed by atoms with van der Waals surface area (Å²) in [5.74, 6) is 1.22. The van der Waals surface area contributed by atoms with Crippen molar-refractivity contribution in [2.75, 3.05) is 26.1 Å². The molecule has 0 bridgehead atoms. The number of nitrogens with zero attached hydrogens (tertiary/aromatic N) is 3. The molecule has 0 saturated carbocycles. The first-order valence-electron chi connectivity index (χ1n) is 10.8. The van der Waals surface area contributed by atoms with Gasteiger partial charge in [0.15, 0.2) is 0 Å². The van der Waals surface area contributed by atoms with Crippen molar-refractivity contribution in [1.82, 2.24) is 9.55 Å². The molecule has 2 N–H and O–H groups in total. The third-order valence-electron chi connectivity index (χ3n) is 5.59. The molecule has 0 radical (unpaired) electrons. The van der Waals surface area contributed by atoms with Crippen LogP contribution in [0.25, 0.3) is 23.1 Å². The van der Waals surface area contributed by atoms with Gasteiger partial charge in [-0.3, -0.25) is 9.36 Å². The van der Waals surface area contributed by atoms with Gasteiger partial charge >= 0.3 is 0 Å². The second kappa shape index (κ2) is 9.71. The summed E-state index contributed by atoms with van der Waals surface area (Å²) in [4.78, 5) is 20.4. The molecule has 0 spiro atoms. The number of anilines is 1. The zero-order valence-electron chi connectivity index (χ0n) is 19.2. The van der Waals surface area contributed by atoms with E-state index in [1.54, 1.807) is 17.7 Å². The molecule has 0 saturated heterocycles. The Bertz CT molecular complexity index is 1360. The maximum Gasteiger partial charge on any atom is 0.262 e. The first-order chi connectivity index (χ1) is 16.0. The second-order valence-electron chi connectivity index (χ2n) is 8.09. The molecule has 6 heteroatoms. The van der Waals surface area contributed by atoms with Crippen molar-refractivity contribution in [2.24, 2.45) is 5.73 Å². The van der Waals surface area contributed by atoms with E-state index in [9.17, 15) is 4.79 Å². The van der Waals surface area contributed by atoms with E-state index < -0.39 is 0 Å². The van der Waals surface area contributed by atoms with E-state index in [2.05, 4.69) is 17.0 Å². The molecule has 1 aromatic heterocycles. The van der Waals surface area contributed by atoms with Gasteiger partial charge in [-0.1, -0.05) is 42.5 Å². The Morgan fingerprint density at radius 2 is 1.76 bits per heavy atom. The quantitative estimate of drug-likeness (QED) is 0.467. The molecule has 0 unspecified atom stereocenters. The van der Waals surface area contributed by atoms with Crippen LogP contribution in [0.4, 0.5) is 5.69 Å². The summed E-state index contributed by atoms with van der Waals surface area (Å²) >= 11 is 0. The molecule has 0 amide bonds. The highest BCUT2D eigenvalue weighted by atomic mass is 16.5. The molecule has 33 heavy (non-hydrogen) atoms. The van der Waals surface area contributed by atoms with Gasteiger partial charge < -0.3 is 15.4 Å². The topological polar surface area (TPSA) is 73.4 Å². The highest BCUT2D eigenvalue weighted by Crippen LogP contribution is 2.19. The van der Waals surface area contributed by atoms with Crippen molar-refractivity contribution in [2.45, 2.75) is 13.1 Å². The van der Waals surface area contributed by atoms with Gasteiger partial charge in [0.05, 0.1) is 24.6 Å². The molecule has 0 aliphatic heterocycles. The molecule has 0 atom stereocenters. The van der Waals surface area contributed by atoms with Crippen LogP contribution in [0.3, 0.4) is 0 Å². The fraction of sp³-hybridized carbons (Fsp3) is 0.185. The molecular formula is C27H28N4O2. The van der Waals surface area contributed by atoms with Crippen LogP contribution in [-0.2, 0) is 13.1 Å². The van der Waals surface area contributed by atoms with Gasteiger partial charge in [-0.05, 0) is 53.1 Å². The van der Waals surface area contributed by atoms with Gasteiger partial charge in [0.25, 0.3) is 5.56 Å². The lowest BCUT2D eigenvalue weighted by Gasteiger charge is -2.13. The van der Waals surface area contributed by atoms with Crippen LogP contribution in [0.1, 0.15) is 22.5 Å². The van der Waals surface area contributed by atoms with E-state index in [1.807, 2.05) is 74.8 Å². The smallest absolute Gasteiger partial charge is 0.262 e. The van der Waals surface area contributed by atoms with Crippen LogP contribution in [-0.4, -0.2) is 30.8 Å². The average Bonchev–Trinajstić information content (AvgIpc) is 2.85. The number of ether oxygens (including phenoxy) is 1. The van der Waals surface area contributed by atoms with Gasteiger partial charge in [0.1, 0.15) is 11.6 Å². The van der Waals surface area contributed by atoms with Crippen LogP contribution in [0, 0.1) is 0 Å². The second-order valence-corrected chi connectivity index (χ2v) is 8.09. The monoisotopic (exact) mass is 440 g/mol. The Labute approximate surface area is 193 Å². The predicted octanol–water partition coefficient (Wildman–Crippen LogP) is 4.15. The standard InChI is InChI=1S/C27H28N4O2/c1-30(2)22-10-7-19(8-11-22)9-14-26-29-25-13-12-23(33-3)16-24(25)27(32)31(26)18-21-6-4-5-20(15-21)17-28/h4-16H,17-18,28H2,1-3H3/b14-9+. The lowest BCUT2D eigenvalue weighted by molar-refractivity contribution is 0.415.